The number of hydrogen-bond donors (Lipinski definition) is 0. The molecule has 0 atom stereocenters. The Morgan fingerprint density at radius 3 is 2.50 bits per heavy atom. The smallest absolute Gasteiger partial charge is 0.405 e. The van der Waals surface area contributed by atoms with E-state index in [9.17, 15) is 13.2 Å². The molecule has 1 aromatic carbocycles. The Morgan fingerprint density at radius 1 is 1.29 bits per heavy atom. The van der Waals surface area contributed by atoms with E-state index >= 15 is 0 Å². The summed E-state index contributed by atoms with van der Waals surface area (Å²) in [5, 5.41) is 0. The van der Waals surface area contributed by atoms with Crippen molar-refractivity contribution in [1.82, 2.24) is 0 Å². The Morgan fingerprint density at radius 2 is 1.93 bits per heavy atom. The van der Waals surface area contributed by atoms with Gasteiger partial charge < -0.3 is 4.74 Å². The highest BCUT2D eigenvalue weighted by Crippen LogP contribution is 2.27. The third-order valence-electron chi connectivity index (χ3n) is 1.50. The Labute approximate surface area is 84.3 Å². The molecule has 0 radical (unpaired) electrons. The fraction of sp³-hybridized carbons (Fsp3) is 0.333. The van der Waals surface area contributed by atoms with E-state index in [1.165, 1.54) is 23.9 Å². The van der Waals surface area contributed by atoms with Crippen molar-refractivity contribution in [1.29, 1.82) is 0 Å². The normalized spacial score (nSPS) is 11.4. The molecule has 0 aliphatic rings. The molecule has 0 fully saturated rings. The molecule has 0 saturated carbocycles. The lowest BCUT2D eigenvalue weighted by molar-refractivity contribution is -0.274. The quantitative estimate of drug-likeness (QED) is 0.774. The van der Waals surface area contributed by atoms with Gasteiger partial charge in [-0.2, -0.15) is 11.8 Å². The molecule has 1 aromatic rings. The van der Waals surface area contributed by atoms with Crippen LogP contribution in [0.25, 0.3) is 0 Å². The Kier molecular flexibility index (Phi) is 3.69. The fourth-order valence-electron chi connectivity index (χ4n) is 1.00. The summed E-state index contributed by atoms with van der Waals surface area (Å²) in [5.74, 6) is 0.390. The van der Waals surface area contributed by atoms with Gasteiger partial charge in [-0.25, -0.2) is 0 Å². The SMILES string of the molecule is CSCc1ccccc1OC(F)(F)F. The molecule has 1 nitrogen and oxygen atoms in total. The maximum Gasteiger partial charge on any atom is 0.573 e. The van der Waals surface area contributed by atoms with E-state index in [1.54, 1.807) is 12.1 Å². The number of alkyl halides is 3. The number of hydrogen-bond acceptors (Lipinski definition) is 2. The van der Waals surface area contributed by atoms with Crippen molar-refractivity contribution >= 4 is 11.8 Å². The van der Waals surface area contributed by atoms with Crippen molar-refractivity contribution in [2.45, 2.75) is 12.1 Å². The predicted molar refractivity (Wildman–Crippen MR) is 50.3 cm³/mol. The predicted octanol–water partition coefficient (Wildman–Crippen LogP) is 3.45. The lowest BCUT2D eigenvalue weighted by Gasteiger charge is -2.12. The highest BCUT2D eigenvalue weighted by Gasteiger charge is 2.31. The van der Waals surface area contributed by atoms with Gasteiger partial charge in [-0.1, -0.05) is 18.2 Å². The van der Waals surface area contributed by atoms with Crippen LogP contribution in [0, 0.1) is 0 Å². The standard InChI is InChI=1S/C9H9F3OS/c1-14-6-7-4-2-3-5-8(7)13-9(10,11)12/h2-5H,6H2,1H3. The maximum absolute atomic E-state index is 11.9. The summed E-state index contributed by atoms with van der Waals surface area (Å²) >= 11 is 1.45. The molecule has 1 rings (SSSR count). The van der Waals surface area contributed by atoms with Gasteiger partial charge in [-0.15, -0.1) is 13.2 Å². The van der Waals surface area contributed by atoms with Crippen molar-refractivity contribution in [2.24, 2.45) is 0 Å². The molecule has 0 aromatic heterocycles. The van der Waals surface area contributed by atoms with Gasteiger partial charge in [0, 0.05) is 11.3 Å². The summed E-state index contributed by atoms with van der Waals surface area (Å²) < 4.78 is 39.7. The van der Waals surface area contributed by atoms with E-state index < -0.39 is 6.36 Å². The highest BCUT2D eigenvalue weighted by atomic mass is 32.2. The average Bonchev–Trinajstić information content (AvgIpc) is 2.06. The van der Waals surface area contributed by atoms with Crippen LogP contribution in [0.15, 0.2) is 24.3 Å². The van der Waals surface area contributed by atoms with E-state index in [4.69, 9.17) is 0 Å². The maximum atomic E-state index is 11.9. The second-order valence-electron chi connectivity index (χ2n) is 2.59. The molecule has 0 aliphatic carbocycles. The van der Waals surface area contributed by atoms with Crippen molar-refractivity contribution in [3.63, 3.8) is 0 Å². The van der Waals surface area contributed by atoms with E-state index in [0.29, 0.717) is 11.3 Å². The van der Waals surface area contributed by atoms with Crippen LogP contribution in [-0.4, -0.2) is 12.6 Å². The molecule has 14 heavy (non-hydrogen) atoms. The van der Waals surface area contributed by atoms with Gasteiger partial charge in [-0.05, 0) is 12.3 Å². The van der Waals surface area contributed by atoms with Gasteiger partial charge in [0.2, 0.25) is 0 Å². The van der Waals surface area contributed by atoms with Gasteiger partial charge in [-0.3, -0.25) is 0 Å². The minimum Gasteiger partial charge on any atom is -0.405 e. The number of benzene rings is 1. The molecule has 0 N–H and O–H groups in total. The summed E-state index contributed by atoms with van der Waals surface area (Å²) in [4.78, 5) is 0. The van der Waals surface area contributed by atoms with Crippen LogP contribution in [0.5, 0.6) is 5.75 Å². The van der Waals surface area contributed by atoms with Crippen LogP contribution in [0.3, 0.4) is 0 Å². The van der Waals surface area contributed by atoms with Crippen LogP contribution in [0.4, 0.5) is 13.2 Å². The first-order valence-corrected chi connectivity index (χ1v) is 5.25. The van der Waals surface area contributed by atoms with E-state index in [2.05, 4.69) is 4.74 Å². The van der Waals surface area contributed by atoms with Gasteiger partial charge in [0.15, 0.2) is 0 Å². The van der Waals surface area contributed by atoms with Crippen LogP contribution in [0.2, 0.25) is 0 Å². The first kappa shape index (κ1) is 11.2. The number of ether oxygens (including phenoxy) is 1. The molecule has 0 spiro atoms. The average molecular weight is 222 g/mol. The van der Waals surface area contributed by atoms with Crippen molar-refractivity contribution in [3.8, 4) is 5.75 Å². The van der Waals surface area contributed by atoms with E-state index in [0.717, 1.165) is 0 Å². The van der Waals surface area contributed by atoms with Gasteiger partial charge >= 0.3 is 6.36 Å². The fourth-order valence-corrected chi connectivity index (χ4v) is 1.55. The molecule has 0 saturated heterocycles. The van der Waals surface area contributed by atoms with Crippen molar-refractivity contribution in [2.75, 3.05) is 6.26 Å². The van der Waals surface area contributed by atoms with Crippen molar-refractivity contribution < 1.29 is 17.9 Å². The highest BCUT2D eigenvalue weighted by molar-refractivity contribution is 7.97. The van der Waals surface area contributed by atoms with Crippen LogP contribution in [-0.2, 0) is 5.75 Å². The van der Waals surface area contributed by atoms with E-state index in [-0.39, 0.29) is 5.75 Å². The molecule has 5 heteroatoms. The Balaban J connectivity index is 2.84. The van der Waals surface area contributed by atoms with Gasteiger partial charge in [0.25, 0.3) is 0 Å². The summed E-state index contributed by atoms with van der Waals surface area (Å²) in [6, 6.07) is 6.15. The van der Waals surface area contributed by atoms with Crippen LogP contribution < -0.4 is 4.74 Å². The topological polar surface area (TPSA) is 9.23 Å². The van der Waals surface area contributed by atoms with Gasteiger partial charge in [0.05, 0.1) is 0 Å². The second-order valence-corrected chi connectivity index (χ2v) is 3.45. The molecule has 0 amide bonds. The lowest BCUT2D eigenvalue weighted by Crippen LogP contribution is -2.17. The summed E-state index contributed by atoms with van der Waals surface area (Å²) in [5.41, 5.74) is 0.553. The van der Waals surface area contributed by atoms with Crippen LogP contribution >= 0.6 is 11.8 Å². The number of para-hydroxylation sites is 1. The summed E-state index contributed by atoms with van der Waals surface area (Å²) in [6.07, 6.45) is -2.79. The zero-order chi connectivity index (χ0) is 10.6. The second kappa shape index (κ2) is 4.59. The third-order valence-corrected chi connectivity index (χ3v) is 2.10. The van der Waals surface area contributed by atoms with E-state index in [1.807, 2.05) is 6.26 Å². The summed E-state index contributed by atoms with van der Waals surface area (Å²) in [7, 11) is 0. The Bertz CT molecular complexity index is 298. The largest absolute Gasteiger partial charge is 0.573 e. The van der Waals surface area contributed by atoms with Crippen molar-refractivity contribution in [3.05, 3.63) is 29.8 Å². The third kappa shape index (κ3) is 3.49. The molecular weight excluding hydrogens is 213 g/mol. The molecule has 0 aliphatic heterocycles. The van der Waals surface area contributed by atoms with Gasteiger partial charge in [0.1, 0.15) is 5.75 Å². The number of halogens is 3. The Hall–Kier alpha value is -0.840. The number of thioether (sulfide) groups is 1. The number of rotatable bonds is 3. The molecule has 0 unspecified atom stereocenters. The lowest BCUT2D eigenvalue weighted by atomic mass is 10.2. The minimum absolute atomic E-state index is 0.116. The first-order valence-electron chi connectivity index (χ1n) is 3.85. The summed E-state index contributed by atoms with van der Waals surface area (Å²) in [6.45, 7) is 0. The molecule has 0 heterocycles. The first-order chi connectivity index (χ1) is 6.53. The molecule has 78 valence electrons. The minimum atomic E-state index is -4.62. The molecular formula is C9H9F3OS. The monoisotopic (exact) mass is 222 g/mol. The van der Waals surface area contributed by atoms with Crippen LogP contribution in [0.1, 0.15) is 5.56 Å². The zero-order valence-electron chi connectivity index (χ0n) is 7.47. The zero-order valence-corrected chi connectivity index (χ0v) is 8.28. The molecule has 0 bridgehead atoms.